The minimum absolute atomic E-state index is 0.101. The number of carbonyl (C=O) groups excluding carboxylic acids is 1. The number of ether oxygens (including phenoxy) is 1. The molecule has 2 aromatic rings. The van der Waals surface area contributed by atoms with Crippen LogP contribution in [0.2, 0.25) is 0 Å². The number of methoxy groups -OCH3 is 1. The molecule has 3 rings (SSSR count). The summed E-state index contributed by atoms with van der Waals surface area (Å²) in [7, 11) is 1.53. The molecule has 0 bridgehead atoms. The predicted octanol–water partition coefficient (Wildman–Crippen LogP) is 2.90. The molecule has 0 saturated heterocycles. The molecule has 1 aliphatic rings. The van der Waals surface area contributed by atoms with Gasteiger partial charge in [-0.15, -0.1) is 0 Å². The minimum atomic E-state index is -4.67. The van der Waals surface area contributed by atoms with Crippen molar-refractivity contribution in [2.45, 2.75) is 31.0 Å². The van der Waals surface area contributed by atoms with Gasteiger partial charge in [-0.2, -0.15) is 18.2 Å². The summed E-state index contributed by atoms with van der Waals surface area (Å²) >= 11 is 0. The number of halogens is 3. The lowest BCUT2D eigenvalue weighted by molar-refractivity contribution is -0.159. The van der Waals surface area contributed by atoms with E-state index in [1.807, 2.05) is 0 Å². The fourth-order valence-electron chi connectivity index (χ4n) is 2.53. The molecule has 0 aliphatic heterocycles. The van der Waals surface area contributed by atoms with Gasteiger partial charge < -0.3 is 14.6 Å². The summed E-state index contributed by atoms with van der Waals surface area (Å²) in [4.78, 5) is 15.2. The van der Waals surface area contributed by atoms with E-state index >= 15 is 0 Å². The molecule has 1 aromatic heterocycles. The normalized spacial score (nSPS) is 15.8. The smallest absolute Gasteiger partial charge is 0.384 e. The molecule has 1 saturated carbocycles. The fourth-order valence-corrected chi connectivity index (χ4v) is 2.53. The summed E-state index contributed by atoms with van der Waals surface area (Å²) in [5.41, 5.74) is 0.892. The van der Waals surface area contributed by atoms with E-state index in [-0.39, 0.29) is 18.2 Å². The van der Waals surface area contributed by atoms with Crippen molar-refractivity contribution in [3.8, 4) is 11.4 Å². The van der Waals surface area contributed by atoms with Gasteiger partial charge in [0.2, 0.25) is 11.7 Å². The van der Waals surface area contributed by atoms with Crippen molar-refractivity contribution in [2.75, 3.05) is 13.7 Å². The van der Waals surface area contributed by atoms with Crippen LogP contribution in [-0.4, -0.2) is 29.8 Å². The second-order valence-electron chi connectivity index (χ2n) is 5.87. The number of hydrogen-bond donors (Lipinski definition) is 1. The maximum Gasteiger partial charge on any atom is 0.471 e. The average molecular weight is 355 g/mol. The van der Waals surface area contributed by atoms with Crippen molar-refractivity contribution in [3.05, 3.63) is 35.7 Å². The van der Waals surface area contributed by atoms with Crippen molar-refractivity contribution in [1.29, 1.82) is 0 Å². The Morgan fingerprint density at radius 2 is 2.00 bits per heavy atom. The van der Waals surface area contributed by atoms with Gasteiger partial charge in [-0.3, -0.25) is 4.79 Å². The molecule has 25 heavy (non-hydrogen) atoms. The predicted molar refractivity (Wildman–Crippen MR) is 80.3 cm³/mol. The topological polar surface area (TPSA) is 77.2 Å². The van der Waals surface area contributed by atoms with Crippen LogP contribution < -0.4 is 5.32 Å². The SMILES string of the molecule is COCCC(=O)NC1(c2ccc(-c3noc(C(F)(F)F)n3)cc2)CC1. The van der Waals surface area contributed by atoms with Crippen LogP contribution in [0.25, 0.3) is 11.4 Å². The van der Waals surface area contributed by atoms with Crippen molar-refractivity contribution in [2.24, 2.45) is 0 Å². The molecular weight excluding hydrogens is 339 g/mol. The van der Waals surface area contributed by atoms with Crippen molar-refractivity contribution in [3.63, 3.8) is 0 Å². The Kier molecular flexibility index (Phi) is 4.51. The Balaban J connectivity index is 1.72. The monoisotopic (exact) mass is 355 g/mol. The van der Waals surface area contributed by atoms with Crippen LogP contribution in [0.5, 0.6) is 0 Å². The first-order valence-corrected chi connectivity index (χ1v) is 7.66. The standard InChI is InChI=1S/C16H16F3N3O3/c1-24-9-6-12(23)21-15(7-8-15)11-4-2-10(3-5-11)13-20-14(25-22-13)16(17,18)19/h2-5H,6-9H2,1H3,(H,21,23). The maximum atomic E-state index is 12.5. The lowest BCUT2D eigenvalue weighted by atomic mass is 10.0. The summed E-state index contributed by atoms with van der Waals surface area (Å²) in [6, 6.07) is 6.73. The molecular formula is C16H16F3N3O3. The quantitative estimate of drug-likeness (QED) is 0.862. The first-order chi connectivity index (χ1) is 11.8. The number of hydrogen-bond acceptors (Lipinski definition) is 5. The highest BCUT2D eigenvalue weighted by Gasteiger charge is 2.45. The lowest BCUT2D eigenvalue weighted by Crippen LogP contribution is -2.35. The number of carbonyl (C=O) groups is 1. The first kappa shape index (κ1) is 17.4. The van der Waals surface area contributed by atoms with E-state index in [0.29, 0.717) is 12.2 Å². The molecule has 134 valence electrons. The zero-order valence-electron chi connectivity index (χ0n) is 13.4. The van der Waals surface area contributed by atoms with Crippen LogP contribution in [-0.2, 0) is 21.2 Å². The minimum Gasteiger partial charge on any atom is -0.384 e. The van der Waals surface area contributed by atoms with Gasteiger partial charge in [0.25, 0.3) is 0 Å². The van der Waals surface area contributed by atoms with Crippen molar-refractivity contribution >= 4 is 5.91 Å². The van der Waals surface area contributed by atoms with Crippen molar-refractivity contribution in [1.82, 2.24) is 15.5 Å². The number of nitrogens with one attached hydrogen (secondary N) is 1. The largest absolute Gasteiger partial charge is 0.471 e. The molecule has 0 atom stereocenters. The van der Waals surface area contributed by atoms with Crippen LogP contribution >= 0.6 is 0 Å². The molecule has 6 nitrogen and oxygen atoms in total. The van der Waals surface area contributed by atoms with E-state index in [2.05, 4.69) is 20.0 Å². The van der Waals surface area contributed by atoms with E-state index in [4.69, 9.17) is 4.74 Å². The Morgan fingerprint density at radius 3 is 2.52 bits per heavy atom. The van der Waals surface area contributed by atoms with Gasteiger partial charge in [-0.25, -0.2) is 0 Å². The van der Waals surface area contributed by atoms with Gasteiger partial charge >= 0.3 is 12.1 Å². The Labute approximate surface area is 141 Å². The van der Waals surface area contributed by atoms with Gasteiger partial charge in [0.1, 0.15) is 0 Å². The van der Waals surface area contributed by atoms with E-state index in [1.165, 1.54) is 7.11 Å². The molecule has 1 heterocycles. The molecule has 9 heteroatoms. The van der Waals surface area contributed by atoms with Crippen LogP contribution in [0.3, 0.4) is 0 Å². The van der Waals surface area contributed by atoms with E-state index in [0.717, 1.165) is 18.4 Å². The van der Waals surface area contributed by atoms with Gasteiger partial charge in [0, 0.05) is 19.1 Å². The molecule has 1 aromatic carbocycles. The molecule has 1 aliphatic carbocycles. The fraction of sp³-hybridized carbons (Fsp3) is 0.438. The Morgan fingerprint density at radius 1 is 1.32 bits per heavy atom. The maximum absolute atomic E-state index is 12.5. The highest BCUT2D eigenvalue weighted by molar-refractivity contribution is 5.77. The molecule has 0 spiro atoms. The van der Waals surface area contributed by atoms with Crippen LogP contribution in [0.15, 0.2) is 28.8 Å². The second kappa shape index (κ2) is 6.47. The van der Waals surface area contributed by atoms with Gasteiger partial charge in [-0.1, -0.05) is 29.4 Å². The molecule has 0 unspecified atom stereocenters. The number of benzene rings is 1. The second-order valence-corrected chi connectivity index (χ2v) is 5.87. The van der Waals surface area contributed by atoms with Gasteiger partial charge in [0.05, 0.1) is 12.1 Å². The van der Waals surface area contributed by atoms with Crippen LogP contribution in [0, 0.1) is 0 Å². The van der Waals surface area contributed by atoms with Crippen molar-refractivity contribution < 1.29 is 27.2 Å². The number of aromatic nitrogens is 2. The lowest BCUT2D eigenvalue weighted by Gasteiger charge is -2.18. The third-order valence-electron chi connectivity index (χ3n) is 4.03. The molecule has 1 amide bonds. The molecule has 1 N–H and O–H groups in total. The number of amides is 1. The third-order valence-corrected chi connectivity index (χ3v) is 4.03. The highest BCUT2D eigenvalue weighted by Crippen LogP contribution is 2.45. The summed E-state index contributed by atoms with van der Waals surface area (Å²) in [6.07, 6.45) is -2.77. The zero-order chi connectivity index (χ0) is 18.1. The molecule has 0 radical (unpaired) electrons. The summed E-state index contributed by atoms with van der Waals surface area (Å²) < 4.78 is 46.6. The number of nitrogens with zero attached hydrogens (tertiary/aromatic N) is 2. The van der Waals surface area contributed by atoms with E-state index < -0.39 is 17.6 Å². The van der Waals surface area contributed by atoms with Crippen LogP contribution in [0.1, 0.15) is 30.7 Å². The summed E-state index contributed by atoms with van der Waals surface area (Å²) in [5.74, 6) is -1.61. The zero-order valence-corrected chi connectivity index (χ0v) is 13.4. The molecule has 1 fully saturated rings. The van der Waals surface area contributed by atoms with Gasteiger partial charge in [-0.05, 0) is 18.4 Å². The van der Waals surface area contributed by atoms with Crippen LogP contribution in [0.4, 0.5) is 13.2 Å². The summed E-state index contributed by atoms with van der Waals surface area (Å²) in [5, 5.41) is 6.34. The summed E-state index contributed by atoms with van der Waals surface area (Å²) in [6.45, 7) is 0.347. The Hall–Kier alpha value is -2.42. The van der Waals surface area contributed by atoms with Gasteiger partial charge in [0.15, 0.2) is 0 Å². The number of rotatable bonds is 6. The van der Waals surface area contributed by atoms with E-state index in [1.54, 1.807) is 24.3 Å². The third kappa shape index (κ3) is 3.81. The Bertz CT molecular complexity index is 752. The first-order valence-electron chi connectivity index (χ1n) is 7.66. The average Bonchev–Trinajstić information content (AvgIpc) is 3.16. The van der Waals surface area contributed by atoms with E-state index in [9.17, 15) is 18.0 Å². The highest BCUT2D eigenvalue weighted by atomic mass is 19.4. The number of alkyl halides is 3.